The van der Waals surface area contributed by atoms with Crippen LogP contribution in [0, 0.1) is 11.3 Å². The number of benzene rings is 1. The fraction of sp³-hybridized carbons (Fsp3) is 0. The van der Waals surface area contributed by atoms with Gasteiger partial charge in [0.1, 0.15) is 0 Å². The molecule has 74 valence electrons. The third-order valence-corrected chi connectivity index (χ3v) is 2.26. The maximum atomic E-state index is 8.68. The first-order chi connectivity index (χ1) is 7.29. The summed E-state index contributed by atoms with van der Waals surface area (Å²) in [5, 5.41) is 9.21. The Kier molecular flexibility index (Phi) is 2.61. The zero-order valence-corrected chi connectivity index (χ0v) is 8.57. The highest BCUT2D eigenvalue weighted by molar-refractivity contribution is 6.33. The minimum Gasteiger partial charge on any atom is -0.293 e. The third-order valence-electron chi connectivity index (χ3n) is 1.95. The first kappa shape index (κ1) is 9.63. The molecule has 0 spiro atoms. The summed E-state index contributed by atoms with van der Waals surface area (Å²) in [6.07, 6.45) is 3.74. The molecule has 2 rings (SSSR count). The molecular formula is C11H8ClN3. The fourth-order valence-corrected chi connectivity index (χ4v) is 1.45. The predicted molar refractivity (Wildman–Crippen MR) is 59.6 cm³/mol. The highest BCUT2D eigenvalue weighted by Gasteiger charge is 2.01. The van der Waals surface area contributed by atoms with Crippen molar-refractivity contribution in [1.29, 1.82) is 5.26 Å². The van der Waals surface area contributed by atoms with Crippen molar-refractivity contribution >= 4 is 17.3 Å². The van der Waals surface area contributed by atoms with E-state index in [1.165, 1.54) is 0 Å². The normalized spacial score (nSPS) is 9.60. The summed E-state index contributed by atoms with van der Waals surface area (Å²) in [6, 6.07) is 11.0. The summed E-state index contributed by atoms with van der Waals surface area (Å²) in [4.78, 5) is 0. The van der Waals surface area contributed by atoms with Gasteiger partial charge >= 0.3 is 0 Å². The van der Waals surface area contributed by atoms with E-state index in [-0.39, 0.29) is 0 Å². The van der Waals surface area contributed by atoms with E-state index < -0.39 is 0 Å². The Hall–Kier alpha value is -1.92. The number of hydrogen-bond donors (Lipinski definition) is 1. The number of aromatic nitrogens is 1. The maximum Gasteiger partial charge on any atom is 0.0992 e. The molecule has 3 nitrogen and oxygen atoms in total. The van der Waals surface area contributed by atoms with Crippen LogP contribution in [0.15, 0.2) is 42.7 Å². The van der Waals surface area contributed by atoms with Crippen LogP contribution < -0.4 is 5.43 Å². The van der Waals surface area contributed by atoms with Crippen molar-refractivity contribution in [2.24, 2.45) is 0 Å². The van der Waals surface area contributed by atoms with Gasteiger partial charge in [0.05, 0.1) is 22.3 Å². The van der Waals surface area contributed by atoms with E-state index in [0.29, 0.717) is 10.6 Å². The van der Waals surface area contributed by atoms with Gasteiger partial charge in [-0.1, -0.05) is 11.6 Å². The average molecular weight is 218 g/mol. The largest absolute Gasteiger partial charge is 0.293 e. The number of halogens is 1. The van der Waals surface area contributed by atoms with Crippen molar-refractivity contribution in [2.45, 2.75) is 0 Å². The molecule has 15 heavy (non-hydrogen) atoms. The number of rotatable bonds is 2. The van der Waals surface area contributed by atoms with Gasteiger partial charge in [-0.15, -0.1) is 0 Å². The molecule has 1 N–H and O–H groups in total. The summed E-state index contributed by atoms with van der Waals surface area (Å²) in [5.41, 5.74) is 4.40. The van der Waals surface area contributed by atoms with E-state index in [1.807, 2.05) is 30.6 Å². The van der Waals surface area contributed by atoms with Crippen LogP contribution in [-0.4, -0.2) is 4.68 Å². The van der Waals surface area contributed by atoms with Crippen molar-refractivity contribution in [3.05, 3.63) is 53.3 Å². The topological polar surface area (TPSA) is 40.8 Å². The maximum absolute atomic E-state index is 8.68. The Bertz CT molecular complexity index is 497. The SMILES string of the molecule is N#Cc1ccc(Nn2cccc2)c(Cl)c1. The second kappa shape index (κ2) is 4.07. The smallest absolute Gasteiger partial charge is 0.0992 e. The van der Waals surface area contributed by atoms with Gasteiger partial charge in [-0.2, -0.15) is 5.26 Å². The summed E-state index contributed by atoms with van der Waals surface area (Å²) in [5.74, 6) is 0. The Morgan fingerprint density at radius 2 is 2.00 bits per heavy atom. The average Bonchev–Trinajstić information content (AvgIpc) is 2.74. The van der Waals surface area contributed by atoms with Gasteiger partial charge < -0.3 is 0 Å². The zero-order chi connectivity index (χ0) is 10.7. The van der Waals surface area contributed by atoms with Gasteiger partial charge in [0.15, 0.2) is 0 Å². The molecule has 4 heteroatoms. The van der Waals surface area contributed by atoms with Crippen molar-refractivity contribution in [1.82, 2.24) is 4.68 Å². The molecule has 2 aromatic rings. The molecule has 0 radical (unpaired) electrons. The van der Waals surface area contributed by atoms with E-state index in [0.717, 1.165) is 5.69 Å². The van der Waals surface area contributed by atoms with Crippen LogP contribution in [-0.2, 0) is 0 Å². The number of nitrogens with zero attached hydrogens (tertiary/aromatic N) is 2. The Balaban J connectivity index is 2.27. The van der Waals surface area contributed by atoms with Crippen LogP contribution in [0.4, 0.5) is 5.69 Å². The quantitative estimate of drug-likeness (QED) is 0.841. The molecule has 1 aromatic heterocycles. The van der Waals surface area contributed by atoms with Gasteiger partial charge in [-0.3, -0.25) is 10.1 Å². The molecule has 1 aromatic carbocycles. The molecule has 0 amide bonds. The Labute approximate surface area is 92.5 Å². The van der Waals surface area contributed by atoms with E-state index >= 15 is 0 Å². The molecule has 1 heterocycles. The lowest BCUT2D eigenvalue weighted by molar-refractivity contribution is 0.971. The molecule has 0 saturated heterocycles. The van der Waals surface area contributed by atoms with Crippen molar-refractivity contribution in [2.75, 3.05) is 5.43 Å². The molecular weight excluding hydrogens is 210 g/mol. The second-order valence-electron chi connectivity index (χ2n) is 3.01. The van der Waals surface area contributed by atoms with Gasteiger partial charge in [0, 0.05) is 12.4 Å². The summed E-state index contributed by atoms with van der Waals surface area (Å²) < 4.78 is 1.78. The van der Waals surface area contributed by atoms with Crippen molar-refractivity contribution < 1.29 is 0 Å². The van der Waals surface area contributed by atoms with Crippen LogP contribution >= 0.6 is 11.6 Å². The molecule has 0 bridgehead atoms. The van der Waals surface area contributed by atoms with Crippen molar-refractivity contribution in [3.8, 4) is 6.07 Å². The number of nitriles is 1. The fourth-order valence-electron chi connectivity index (χ4n) is 1.22. The number of nitrogens with one attached hydrogen (secondary N) is 1. The first-order valence-electron chi connectivity index (χ1n) is 4.39. The monoisotopic (exact) mass is 217 g/mol. The molecule has 0 aliphatic carbocycles. The molecule has 0 aliphatic rings. The standard InChI is InChI=1S/C11H8ClN3/c12-10-7-9(8-13)3-4-11(10)14-15-5-1-2-6-15/h1-7,14H. The van der Waals surface area contributed by atoms with E-state index in [4.69, 9.17) is 16.9 Å². The van der Waals surface area contributed by atoms with E-state index in [9.17, 15) is 0 Å². The van der Waals surface area contributed by atoms with Crippen LogP contribution in [0.5, 0.6) is 0 Å². The lowest BCUT2D eigenvalue weighted by atomic mass is 10.2. The van der Waals surface area contributed by atoms with Crippen LogP contribution in [0.25, 0.3) is 0 Å². The lowest BCUT2D eigenvalue weighted by Gasteiger charge is -2.08. The highest BCUT2D eigenvalue weighted by Crippen LogP contribution is 2.22. The molecule has 0 aliphatic heterocycles. The lowest BCUT2D eigenvalue weighted by Crippen LogP contribution is -2.05. The predicted octanol–water partition coefficient (Wildman–Crippen LogP) is 2.89. The van der Waals surface area contributed by atoms with Crippen LogP contribution in [0.3, 0.4) is 0 Å². The first-order valence-corrected chi connectivity index (χ1v) is 4.77. The molecule has 0 saturated carbocycles. The van der Waals surface area contributed by atoms with Gasteiger partial charge in [0.2, 0.25) is 0 Å². The highest BCUT2D eigenvalue weighted by atomic mass is 35.5. The van der Waals surface area contributed by atoms with Gasteiger partial charge in [-0.05, 0) is 30.3 Å². The second-order valence-corrected chi connectivity index (χ2v) is 3.42. The van der Waals surface area contributed by atoms with E-state index in [2.05, 4.69) is 5.43 Å². The summed E-state index contributed by atoms with van der Waals surface area (Å²) >= 11 is 6.00. The van der Waals surface area contributed by atoms with Crippen LogP contribution in [0.2, 0.25) is 5.02 Å². The minimum absolute atomic E-state index is 0.530. The molecule has 0 unspecified atom stereocenters. The molecule has 0 fully saturated rings. The zero-order valence-electron chi connectivity index (χ0n) is 7.81. The van der Waals surface area contributed by atoms with Gasteiger partial charge in [0.25, 0.3) is 0 Å². The summed E-state index contributed by atoms with van der Waals surface area (Å²) in [7, 11) is 0. The molecule has 0 atom stereocenters. The third kappa shape index (κ3) is 2.12. The summed E-state index contributed by atoms with van der Waals surface area (Å²) in [6.45, 7) is 0. The van der Waals surface area contributed by atoms with Crippen LogP contribution in [0.1, 0.15) is 5.56 Å². The Morgan fingerprint density at radius 1 is 1.27 bits per heavy atom. The Morgan fingerprint density at radius 3 is 2.60 bits per heavy atom. The number of hydrogen-bond acceptors (Lipinski definition) is 2. The van der Waals surface area contributed by atoms with Gasteiger partial charge in [-0.25, -0.2) is 0 Å². The van der Waals surface area contributed by atoms with Crippen molar-refractivity contribution in [3.63, 3.8) is 0 Å². The number of anilines is 1. The minimum atomic E-state index is 0.530. The van der Waals surface area contributed by atoms with E-state index in [1.54, 1.807) is 22.9 Å².